The third-order valence-corrected chi connectivity index (χ3v) is 5.18. The van der Waals surface area contributed by atoms with Crippen molar-refractivity contribution in [3.8, 4) is 0 Å². The fourth-order valence-electron chi connectivity index (χ4n) is 3.42. The first-order valence-electron chi connectivity index (χ1n) is 6.79. The molecule has 0 spiro atoms. The van der Waals surface area contributed by atoms with Crippen LogP contribution in [0.3, 0.4) is 0 Å². The van der Waals surface area contributed by atoms with Gasteiger partial charge in [-0.05, 0) is 46.6 Å². The van der Waals surface area contributed by atoms with Crippen LogP contribution in [0.1, 0.15) is 48.7 Å². The Labute approximate surface area is 114 Å². The monoisotopic (exact) mass is 265 g/mol. The number of aromatic nitrogens is 2. The van der Waals surface area contributed by atoms with Crippen LogP contribution in [-0.2, 0) is 0 Å². The molecule has 3 heterocycles. The number of halogens is 1. The minimum atomic E-state index is 0.496. The molecule has 0 saturated carbocycles. The van der Waals surface area contributed by atoms with Crippen LogP contribution in [-0.4, -0.2) is 34.0 Å². The van der Waals surface area contributed by atoms with E-state index in [9.17, 15) is 0 Å². The van der Waals surface area contributed by atoms with Crippen LogP contribution >= 0.6 is 11.6 Å². The molecule has 0 amide bonds. The molecule has 1 aromatic heterocycles. The highest BCUT2D eigenvalue weighted by Crippen LogP contribution is 2.41. The molecule has 3 rings (SSSR count). The summed E-state index contributed by atoms with van der Waals surface area (Å²) in [5, 5.41) is 0.628. The van der Waals surface area contributed by atoms with Crippen molar-refractivity contribution in [2.75, 3.05) is 7.05 Å². The summed E-state index contributed by atoms with van der Waals surface area (Å²) in [5.74, 6) is 1.46. The second kappa shape index (κ2) is 4.46. The molecule has 0 N–H and O–H groups in total. The van der Waals surface area contributed by atoms with Crippen molar-refractivity contribution in [2.24, 2.45) is 0 Å². The van der Waals surface area contributed by atoms with Gasteiger partial charge < -0.3 is 4.90 Å². The van der Waals surface area contributed by atoms with Gasteiger partial charge in [-0.3, -0.25) is 0 Å². The molecule has 2 aliphatic rings. The zero-order chi connectivity index (χ0) is 12.9. The molecule has 2 atom stereocenters. The number of rotatable bonds is 1. The normalized spacial score (nSPS) is 31.9. The van der Waals surface area contributed by atoms with Crippen molar-refractivity contribution in [2.45, 2.75) is 57.5 Å². The molecular formula is C14H20ClN3. The van der Waals surface area contributed by atoms with Gasteiger partial charge in [0, 0.05) is 29.3 Å². The van der Waals surface area contributed by atoms with Crippen molar-refractivity contribution in [3.63, 3.8) is 0 Å². The van der Waals surface area contributed by atoms with Gasteiger partial charge in [-0.2, -0.15) is 0 Å². The summed E-state index contributed by atoms with van der Waals surface area (Å²) in [7, 11) is 2.26. The molecule has 2 fully saturated rings. The second-order valence-corrected chi connectivity index (χ2v) is 6.16. The number of piperidine rings is 1. The Hall–Kier alpha value is -0.670. The smallest absolute Gasteiger partial charge is 0.135 e. The van der Waals surface area contributed by atoms with Crippen LogP contribution in [0, 0.1) is 13.8 Å². The third-order valence-electron chi connectivity index (χ3n) is 4.81. The van der Waals surface area contributed by atoms with E-state index in [0.717, 1.165) is 29.2 Å². The van der Waals surface area contributed by atoms with Crippen LogP contribution in [0.2, 0.25) is 5.15 Å². The van der Waals surface area contributed by atoms with Gasteiger partial charge in [0.2, 0.25) is 0 Å². The first-order valence-corrected chi connectivity index (χ1v) is 7.16. The average Bonchev–Trinajstić information content (AvgIpc) is 2.57. The van der Waals surface area contributed by atoms with Gasteiger partial charge in [0.25, 0.3) is 0 Å². The highest BCUT2D eigenvalue weighted by molar-refractivity contribution is 6.30. The van der Waals surface area contributed by atoms with Gasteiger partial charge in [0.1, 0.15) is 11.0 Å². The predicted molar refractivity (Wildman–Crippen MR) is 73.1 cm³/mol. The van der Waals surface area contributed by atoms with Crippen molar-refractivity contribution in [1.29, 1.82) is 0 Å². The lowest BCUT2D eigenvalue weighted by Crippen LogP contribution is -2.39. The molecule has 0 radical (unpaired) electrons. The fraction of sp³-hybridized carbons (Fsp3) is 0.714. The predicted octanol–water partition coefficient (Wildman–Crippen LogP) is 3.09. The summed E-state index contributed by atoms with van der Waals surface area (Å²) in [6, 6.07) is 1.44. The standard InChI is InChI=1S/C14H20ClN3/c1-8-9(2)16-14(17-13(8)15)10-6-11-4-5-12(7-10)18(11)3/h10-12H,4-7H2,1-3H3. The van der Waals surface area contributed by atoms with Crippen LogP contribution < -0.4 is 0 Å². The lowest BCUT2D eigenvalue weighted by atomic mass is 9.90. The van der Waals surface area contributed by atoms with Crippen molar-refractivity contribution in [1.82, 2.24) is 14.9 Å². The van der Waals surface area contributed by atoms with E-state index in [2.05, 4.69) is 21.9 Å². The van der Waals surface area contributed by atoms with Crippen molar-refractivity contribution in [3.05, 3.63) is 22.2 Å². The third kappa shape index (κ3) is 1.94. The maximum atomic E-state index is 6.19. The van der Waals surface area contributed by atoms with Gasteiger partial charge in [-0.25, -0.2) is 9.97 Å². The number of hydrogen-bond acceptors (Lipinski definition) is 3. The summed E-state index contributed by atoms with van der Waals surface area (Å²) < 4.78 is 0. The average molecular weight is 266 g/mol. The van der Waals surface area contributed by atoms with Crippen LogP contribution in [0.25, 0.3) is 0 Å². The summed E-state index contributed by atoms with van der Waals surface area (Å²) in [4.78, 5) is 11.7. The van der Waals surface area contributed by atoms with E-state index in [1.165, 1.54) is 25.7 Å². The maximum Gasteiger partial charge on any atom is 0.135 e. The topological polar surface area (TPSA) is 29.0 Å². The van der Waals surface area contributed by atoms with E-state index >= 15 is 0 Å². The molecule has 18 heavy (non-hydrogen) atoms. The van der Waals surface area contributed by atoms with Crippen LogP contribution in [0.15, 0.2) is 0 Å². The largest absolute Gasteiger partial charge is 0.300 e. The highest BCUT2D eigenvalue weighted by atomic mass is 35.5. The maximum absolute atomic E-state index is 6.19. The first-order chi connectivity index (χ1) is 8.56. The SMILES string of the molecule is Cc1nc(C2CC3CCC(C2)N3C)nc(Cl)c1C. The van der Waals surface area contributed by atoms with Gasteiger partial charge in [0.15, 0.2) is 0 Å². The molecule has 3 nitrogen and oxygen atoms in total. The van der Waals surface area contributed by atoms with Gasteiger partial charge in [-0.15, -0.1) is 0 Å². The lowest BCUT2D eigenvalue weighted by Gasteiger charge is -2.35. The Morgan fingerprint density at radius 1 is 1.11 bits per heavy atom. The number of hydrogen-bond donors (Lipinski definition) is 0. The van der Waals surface area contributed by atoms with Gasteiger partial charge in [0.05, 0.1) is 0 Å². The summed E-state index contributed by atoms with van der Waals surface area (Å²) in [6.45, 7) is 4.01. The molecule has 2 saturated heterocycles. The highest BCUT2D eigenvalue weighted by Gasteiger charge is 2.39. The van der Waals surface area contributed by atoms with E-state index in [4.69, 9.17) is 11.6 Å². The van der Waals surface area contributed by atoms with E-state index in [-0.39, 0.29) is 0 Å². The van der Waals surface area contributed by atoms with Crippen LogP contribution in [0.5, 0.6) is 0 Å². The van der Waals surface area contributed by atoms with E-state index in [0.29, 0.717) is 11.1 Å². The molecule has 98 valence electrons. The minimum Gasteiger partial charge on any atom is -0.300 e. The first kappa shape index (κ1) is 12.4. The molecule has 0 aliphatic carbocycles. The number of aryl methyl sites for hydroxylation is 1. The molecule has 2 aliphatic heterocycles. The quantitative estimate of drug-likeness (QED) is 0.731. The molecule has 2 unspecified atom stereocenters. The zero-order valence-electron chi connectivity index (χ0n) is 11.3. The Morgan fingerprint density at radius 2 is 1.72 bits per heavy atom. The van der Waals surface area contributed by atoms with Crippen LogP contribution in [0.4, 0.5) is 0 Å². The second-order valence-electron chi connectivity index (χ2n) is 5.80. The molecular weight excluding hydrogens is 246 g/mol. The van der Waals surface area contributed by atoms with Gasteiger partial charge in [-0.1, -0.05) is 11.6 Å². The Balaban J connectivity index is 1.88. The minimum absolute atomic E-state index is 0.496. The summed E-state index contributed by atoms with van der Waals surface area (Å²) >= 11 is 6.19. The van der Waals surface area contributed by atoms with E-state index < -0.39 is 0 Å². The zero-order valence-corrected chi connectivity index (χ0v) is 12.0. The summed E-state index contributed by atoms with van der Waals surface area (Å²) in [6.07, 6.45) is 5.03. The number of fused-ring (bicyclic) bond motifs is 2. The Kier molecular flexibility index (Phi) is 3.07. The van der Waals surface area contributed by atoms with E-state index in [1.54, 1.807) is 0 Å². The molecule has 4 heteroatoms. The fourth-order valence-corrected chi connectivity index (χ4v) is 3.64. The number of nitrogens with zero attached hydrogens (tertiary/aromatic N) is 3. The molecule has 0 aromatic carbocycles. The van der Waals surface area contributed by atoms with Crippen molar-refractivity contribution < 1.29 is 0 Å². The van der Waals surface area contributed by atoms with E-state index in [1.807, 2.05) is 13.8 Å². The van der Waals surface area contributed by atoms with Crippen molar-refractivity contribution >= 4 is 11.6 Å². The Morgan fingerprint density at radius 3 is 2.28 bits per heavy atom. The molecule has 1 aromatic rings. The lowest BCUT2D eigenvalue weighted by molar-refractivity contribution is 0.159. The van der Waals surface area contributed by atoms with Gasteiger partial charge >= 0.3 is 0 Å². The summed E-state index contributed by atoms with van der Waals surface area (Å²) in [5.41, 5.74) is 2.03. The molecule has 2 bridgehead atoms. The Bertz CT molecular complexity index is 437.